The summed E-state index contributed by atoms with van der Waals surface area (Å²) >= 11 is 1.50. The number of rotatable bonds is 2. The van der Waals surface area contributed by atoms with Gasteiger partial charge in [-0.1, -0.05) is 13.8 Å². The monoisotopic (exact) mass is 227 g/mol. The molecule has 0 amide bonds. The molecule has 5 heteroatoms. The molecular formula is C10H17N3OS. The summed E-state index contributed by atoms with van der Waals surface area (Å²) < 4.78 is 9.78. The van der Waals surface area contributed by atoms with E-state index >= 15 is 0 Å². The van der Waals surface area contributed by atoms with Gasteiger partial charge in [-0.2, -0.15) is 4.37 Å². The van der Waals surface area contributed by atoms with Gasteiger partial charge >= 0.3 is 0 Å². The summed E-state index contributed by atoms with van der Waals surface area (Å²) in [6.07, 6.45) is 0. The number of hydrogen-bond donors (Lipinski definition) is 0. The number of anilines is 1. The Morgan fingerprint density at radius 2 is 2.33 bits per heavy atom. The van der Waals surface area contributed by atoms with Crippen molar-refractivity contribution in [2.45, 2.75) is 32.7 Å². The van der Waals surface area contributed by atoms with E-state index in [0.717, 1.165) is 30.7 Å². The lowest BCUT2D eigenvalue weighted by Gasteiger charge is -2.32. The molecule has 0 N–H and O–H groups in total. The van der Waals surface area contributed by atoms with Crippen molar-refractivity contribution in [1.82, 2.24) is 9.36 Å². The third kappa shape index (κ3) is 2.29. The van der Waals surface area contributed by atoms with Crippen LogP contribution in [0.4, 0.5) is 5.13 Å². The summed E-state index contributed by atoms with van der Waals surface area (Å²) in [6.45, 7) is 8.91. The number of ether oxygens (including phenoxy) is 1. The van der Waals surface area contributed by atoms with E-state index < -0.39 is 0 Å². The number of aromatic nitrogens is 2. The molecule has 1 fully saturated rings. The Labute approximate surface area is 94.4 Å². The van der Waals surface area contributed by atoms with E-state index in [0.29, 0.717) is 12.0 Å². The minimum absolute atomic E-state index is 0.409. The molecule has 0 saturated carbocycles. The highest BCUT2D eigenvalue weighted by atomic mass is 32.1. The first-order valence-electron chi connectivity index (χ1n) is 5.36. The molecule has 2 heterocycles. The van der Waals surface area contributed by atoms with Gasteiger partial charge in [0.05, 0.1) is 19.3 Å². The van der Waals surface area contributed by atoms with Crippen LogP contribution in [-0.4, -0.2) is 35.2 Å². The highest BCUT2D eigenvalue weighted by Crippen LogP contribution is 2.24. The molecule has 1 saturated heterocycles. The van der Waals surface area contributed by atoms with Gasteiger partial charge in [0.25, 0.3) is 0 Å². The van der Waals surface area contributed by atoms with E-state index in [9.17, 15) is 0 Å². The molecule has 84 valence electrons. The molecule has 1 aliphatic heterocycles. The standard InChI is InChI=1S/C10H17N3OS/c1-7(2)9-11-10(15-12-9)13-4-5-14-6-8(13)3/h7-8H,4-6H2,1-3H3. The maximum absolute atomic E-state index is 5.40. The zero-order valence-electron chi connectivity index (χ0n) is 9.43. The molecule has 15 heavy (non-hydrogen) atoms. The van der Waals surface area contributed by atoms with Gasteiger partial charge in [-0.15, -0.1) is 0 Å². The van der Waals surface area contributed by atoms with Crippen LogP contribution in [0, 0.1) is 0 Å². The van der Waals surface area contributed by atoms with Crippen molar-refractivity contribution >= 4 is 16.7 Å². The quantitative estimate of drug-likeness (QED) is 0.773. The molecular weight excluding hydrogens is 210 g/mol. The van der Waals surface area contributed by atoms with Crippen LogP contribution >= 0.6 is 11.5 Å². The maximum Gasteiger partial charge on any atom is 0.205 e. The fourth-order valence-electron chi connectivity index (χ4n) is 1.59. The fourth-order valence-corrected chi connectivity index (χ4v) is 2.53. The van der Waals surface area contributed by atoms with E-state index in [-0.39, 0.29) is 0 Å². The molecule has 2 rings (SSSR count). The largest absolute Gasteiger partial charge is 0.377 e. The van der Waals surface area contributed by atoms with Crippen molar-refractivity contribution in [1.29, 1.82) is 0 Å². The average molecular weight is 227 g/mol. The van der Waals surface area contributed by atoms with Crippen LogP contribution in [-0.2, 0) is 4.74 Å². The van der Waals surface area contributed by atoms with E-state index in [4.69, 9.17) is 4.74 Å². The Bertz CT molecular complexity index is 326. The second-order valence-corrected chi connectivity index (χ2v) is 4.94. The van der Waals surface area contributed by atoms with Crippen molar-refractivity contribution in [3.05, 3.63) is 5.82 Å². The molecule has 1 aliphatic rings. The van der Waals surface area contributed by atoms with Crippen LogP contribution in [0.2, 0.25) is 0 Å². The molecule has 0 aliphatic carbocycles. The zero-order chi connectivity index (χ0) is 10.8. The van der Waals surface area contributed by atoms with Gasteiger partial charge in [0, 0.05) is 24.0 Å². The SMILES string of the molecule is CC(C)c1nsc(N2CCOCC2C)n1. The smallest absolute Gasteiger partial charge is 0.205 e. The first kappa shape index (κ1) is 10.8. The zero-order valence-corrected chi connectivity index (χ0v) is 10.3. The van der Waals surface area contributed by atoms with E-state index in [1.165, 1.54) is 11.5 Å². The Kier molecular flexibility index (Phi) is 3.21. The average Bonchev–Trinajstić information content (AvgIpc) is 2.67. The Hall–Kier alpha value is -0.680. The van der Waals surface area contributed by atoms with Gasteiger partial charge in [-0.25, -0.2) is 4.98 Å². The molecule has 4 nitrogen and oxygen atoms in total. The van der Waals surface area contributed by atoms with Crippen LogP contribution in [0.5, 0.6) is 0 Å². The van der Waals surface area contributed by atoms with E-state index in [1.54, 1.807) is 0 Å². The van der Waals surface area contributed by atoms with Crippen molar-refractivity contribution in [3.63, 3.8) is 0 Å². The Morgan fingerprint density at radius 3 is 2.93 bits per heavy atom. The van der Waals surface area contributed by atoms with E-state index in [1.807, 2.05) is 0 Å². The van der Waals surface area contributed by atoms with Gasteiger partial charge in [0.15, 0.2) is 0 Å². The molecule has 1 aromatic heterocycles. The summed E-state index contributed by atoms with van der Waals surface area (Å²) in [4.78, 5) is 6.85. The lowest BCUT2D eigenvalue weighted by molar-refractivity contribution is 0.0989. The molecule has 0 radical (unpaired) electrons. The predicted molar refractivity (Wildman–Crippen MR) is 61.6 cm³/mol. The van der Waals surface area contributed by atoms with Crippen molar-refractivity contribution in [3.8, 4) is 0 Å². The van der Waals surface area contributed by atoms with Crippen LogP contribution in [0.25, 0.3) is 0 Å². The molecule has 0 spiro atoms. The third-order valence-electron chi connectivity index (χ3n) is 2.56. The third-order valence-corrected chi connectivity index (χ3v) is 3.33. The van der Waals surface area contributed by atoms with Crippen LogP contribution in [0.15, 0.2) is 0 Å². The topological polar surface area (TPSA) is 38.2 Å². The summed E-state index contributed by atoms with van der Waals surface area (Å²) in [5.41, 5.74) is 0. The van der Waals surface area contributed by atoms with Crippen molar-refractivity contribution < 1.29 is 4.74 Å². The Morgan fingerprint density at radius 1 is 1.53 bits per heavy atom. The molecule has 1 aromatic rings. The second kappa shape index (κ2) is 4.45. The second-order valence-electron chi connectivity index (χ2n) is 4.21. The normalized spacial score (nSPS) is 22.4. The summed E-state index contributed by atoms with van der Waals surface area (Å²) in [5.74, 6) is 1.36. The molecule has 1 atom stereocenters. The van der Waals surface area contributed by atoms with Crippen molar-refractivity contribution in [2.24, 2.45) is 0 Å². The summed E-state index contributed by atoms with van der Waals surface area (Å²) in [6, 6.07) is 0.409. The number of nitrogens with zero attached hydrogens (tertiary/aromatic N) is 3. The van der Waals surface area contributed by atoms with Gasteiger partial charge in [-0.3, -0.25) is 0 Å². The van der Waals surface area contributed by atoms with Gasteiger partial charge in [0.2, 0.25) is 5.13 Å². The van der Waals surface area contributed by atoms with Crippen LogP contribution in [0.3, 0.4) is 0 Å². The maximum atomic E-state index is 5.40. The Balaban J connectivity index is 2.13. The molecule has 1 unspecified atom stereocenters. The minimum atomic E-state index is 0.409. The molecule has 0 bridgehead atoms. The summed E-state index contributed by atoms with van der Waals surface area (Å²) in [5, 5.41) is 1.04. The highest BCUT2D eigenvalue weighted by molar-refractivity contribution is 7.09. The number of hydrogen-bond acceptors (Lipinski definition) is 5. The minimum Gasteiger partial charge on any atom is -0.377 e. The van der Waals surface area contributed by atoms with Gasteiger partial charge in [0.1, 0.15) is 5.82 Å². The first-order valence-corrected chi connectivity index (χ1v) is 6.14. The van der Waals surface area contributed by atoms with Gasteiger partial charge in [-0.05, 0) is 6.92 Å². The van der Waals surface area contributed by atoms with Gasteiger partial charge < -0.3 is 9.64 Å². The lowest BCUT2D eigenvalue weighted by atomic mass is 10.2. The lowest BCUT2D eigenvalue weighted by Crippen LogP contribution is -2.43. The highest BCUT2D eigenvalue weighted by Gasteiger charge is 2.22. The molecule has 0 aromatic carbocycles. The predicted octanol–water partition coefficient (Wildman–Crippen LogP) is 1.89. The van der Waals surface area contributed by atoms with E-state index in [2.05, 4.69) is 35.0 Å². The van der Waals surface area contributed by atoms with Crippen LogP contribution < -0.4 is 4.90 Å². The summed E-state index contributed by atoms with van der Waals surface area (Å²) in [7, 11) is 0. The first-order chi connectivity index (χ1) is 7.18. The van der Waals surface area contributed by atoms with Crippen LogP contribution in [0.1, 0.15) is 32.5 Å². The fraction of sp³-hybridized carbons (Fsp3) is 0.800. The van der Waals surface area contributed by atoms with Crippen molar-refractivity contribution in [2.75, 3.05) is 24.7 Å². The number of morpholine rings is 1.